The van der Waals surface area contributed by atoms with Crippen LogP contribution in [0.15, 0.2) is 60.9 Å². The Morgan fingerprint density at radius 1 is 0.720 bits per heavy atom. The molecular formula is C21H18N2S2. The standard InChI is InChI=1S/C21H18N2S2/c1-14-12-22-20(24-14)18-7-3-5-16(10-18)9-17-6-4-8-19(11-17)21-23-13-15(2)25-21/h3-8,10-13H,9H2,1-2H3. The SMILES string of the molecule is Cc1cnc(-c2cccc(Cc3cccc(-c4ncc(C)s4)c3)c2)s1. The molecule has 0 saturated carbocycles. The quantitative estimate of drug-likeness (QED) is 0.436. The zero-order valence-electron chi connectivity index (χ0n) is 14.2. The molecule has 0 amide bonds. The van der Waals surface area contributed by atoms with Gasteiger partial charge in [0.05, 0.1) is 0 Å². The molecule has 0 aliphatic rings. The Morgan fingerprint density at radius 3 is 1.60 bits per heavy atom. The van der Waals surface area contributed by atoms with Crippen LogP contribution in [-0.4, -0.2) is 9.97 Å². The Morgan fingerprint density at radius 2 is 1.20 bits per heavy atom. The Balaban J connectivity index is 1.60. The maximum Gasteiger partial charge on any atom is 0.123 e. The first-order chi connectivity index (χ1) is 12.2. The Bertz CT molecular complexity index is 932. The van der Waals surface area contributed by atoms with Crippen molar-refractivity contribution in [1.82, 2.24) is 9.97 Å². The minimum Gasteiger partial charge on any atom is -0.244 e. The van der Waals surface area contributed by atoms with E-state index in [9.17, 15) is 0 Å². The highest BCUT2D eigenvalue weighted by Gasteiger charge is 2.06. The molecule has 0 N–H and O–H groups in total. The van der Waals surface area contributed by atoms with Gasteiger partial charge < -0.3 is 0 Å². The molecule has 0 aliphatic heterocycles. The topological polar surface area (TPSA) is 25.8 Å². The minimum absolute atomic E-state index is 0.913. The summed E-state index contributed by atoms with van der Waals surface area (Å²) in [6.45, 7) is 4.19. The predicted octanol–water partition coefficient (Wildman–Crippen LogP) is 6.14. The molecule has 0 aliphatic carbocycles. The highest BCUT2D eigenvalue weighted by Crippen LogP contribution is 2.28. The average molecular weight is 363 g/mol. The number of aromatic nitrogens is 2. The van der Waals surface area contributed by atoms with Crippen molar-refractivity contribution in [2.45, 2.75) is 20.3 Å². The number of rotatable bonds is 4. The van der Waals surface area contributed by atoms with Crippen molar-refractivity contribution in [3.63, 3.8) is 0 Å². The van der Waals surface area contributed by atoms with Gasteiger partial charge in [-0.2, -0.15) is 0 Å². The van der Waals surface area contributed by atoms with E-state index in [2.05, 4.69) is 72.3 Å². The number of thiazole rings is 2. The van der Waals surface area contributed by atoms with Gasteiger partial charge in [-0.1, -0.05) is 36.4 Å². The average Bonchev–Trinajstić information content (AvgIpc) is 3.24. The molecule has 0 radical (unpaired) electrons. The first kappa shape index (κ1) is 16.2. The van der Waals surface area contributed by atoms with E-state index in [1.54, 1.807) is 22.7 Å². The summed E-state index contributed by atoms with van der Waals surface area (Å²) in [5.74, 6) is 0. The van der Waals surface area contributed by atoms with Crippen molar-refractivity contribution in [3.05, 3.63) is 81.8 Å². The van der Waals surface area contributed by atoms with Gasteiger partial charge in [-0.3, -0.25) is 0 Å². The minimum atomic E-state index is 0.913. The zero-order chi connectivity index (χ0) is 17.2. The molecule has 2 aromatic heterocycles. The van der Waals surface area contributed by atoms with E-state index in [1.807, 2.05) is 12.4 Å². The highest BCUT2D eigenvalue weighted by molar-refractivity contribution is 7.15. The lowest BCUT2D eigenvalue weighted by Gasteiger charge is -2.06. The smallest absolute Gasteiger partial charge is 0.123 e. The number of aryl methyl sites for hydroxylation is 2. The number of hydrogen-bond acceptors (Lipinski definition) is 4. The van der Waals surface area contributed by atoms with Gasteiger partial charge in [-0.05, 0) is 43.5 Å². The van der Waals surface area contributed by atoms with Crippen LogP contribution in [0.4, 0.5) is 0 Å². The van der Waals surface area contributed by atoms with Gasteiger partial charge in [0.2, 0.25) is 0 Å². The van der Waals surface area contributed by atoms with E-state index < -0.39 is 0 Å². The third-order valence-electron chi connectivity index (χ3n) is 4.00. The van der Waals surface area contributed by atoms with Crippen LogP contribution in [0.1, 0.15) is 20.9 Å². The van der Waals surface area contributed by atoms with E-state index in [0.29, 0.717) is 0 Å². The number of benzene rings is 2. The molecule has 4 aromatic rings. The molecule has 124 valence electrons. The molecule has 4 heteroatoms. The van der Waals surface area contributed by atoms with Crippen molar-refractivity contribution in [2.24, 2.45) is 0 Å². The Labute approximate surface area is 155 Å². The summed E-state index contributed by atoms with van der Waals surface area (Å²) in [6.07, 6.45) is 4.79. The van der Waals surface area contributed by atoms with Crippen molar-refractivity contribution in [1.29, 1.82) is 0 Å². The molecule has 0 atom stereocenters. The Hall–Kier alpha value is -2.30. The van der Waals surface area contributed by atoms with Gasteiger partial charge in [0, 0.05) is 33.3 Å². The van der Waals surface area contributed by atoms with Gasteiger partial charge in [0.15, 0.2) is 0 Å². The van der Waals surface area contributed by atoms with E-state index in [-0.39, 0.29) is 0 Å². The van der Waals surface area contributed by atoms with Crippen molar-refractivity contribution >= 4 is 22.7 Å². The second-order valence-electron chi connectivity index (χ2n) is 6.13. The van der Waals surface area contributed by atoms with Gasteiger partial charge in [0.1, 0.15) is 10.0 Å². The summed E-state index contributed by atoms with van der Waals surface area (Å²) < 4.78 is 0. The highest BCUT2D eigenvalue weighted by atomic mass is 32.1. The molecule has 25 heavy (non-hydrogen) atoms. The number of hydrogen-bond donors (Lipinski definition) is 0. The maximum absolute atomic E-state index is 4.50. The molecule has 2 aromatic carbocycles. The molecule has 0 fully saturated rings. The molecule has 2 heterocycles. The summed E-state index contributed by atoms with van der Waals surface area (Å²) in [7, 11) is 0. The Kier molecular flexibility index (Phi) is 4.47. The fraction of sp³-hybridized carbons (Fsp3) is 0.143. The van der Waals surface area contributed by atoms with Gasteiger partial charge in [-0.15, -0.1) is 22.7 Å². The summed E-state index contributed by atoms with van der Waals surface area (Å²) in [4.78, 5) is 11.5. The second-order valence-corrected chi connectivity index (χ2v) is 8.60. The van der Waals surface area contributed by atoms with E-state index in [4.69, 9.17) is 0 Å². The van der Waals surface area contributed by atoms with E-state index in [1.165, 1.54) is 32.0 Å². The normalized spacial score (nSPS) is 11.0. The summed E-state index contributed by atoms with van der Waals surface area (Å²) >= 11 is 3.48. The van der Waals surface area contributed by atoms with Crippen molar-refractivity contribution < 1.29 is 0 Å². The fourth-order valence-electron chi connectivity index (χ4n) is 2.84. The lowest BCUT2D eigenvalue weighted by Crippen LogP contribution is -1.90. The first-order valence-corrected chi connectivity index (χ1v) is 9.84. The molecule has 0 bridgehead atoms. The summed E-state index contributed by atoms with van der Waals surface area (Å²) in [5, 5.41) is 2.18. The first-order valence-electron chi connectivity index (χ1n) is 8.21. The molecule has 4 rings (SSSR count). The van der Waals surface area contributed by atoms with Crippen LogP contribution in [0.25, 0.3) is 21.1 Å². The van der Waals surface area contributed by atoms with Crippen LogP contribution in [0.2, 0.25) is 0 Å². The summed E-state index contributed by atoms with van der Waals surface area (Å²) in [6, 6.07) is 17.4. The summed E-state index contributed by atoms with van der Waals surface area (Å²) in [5.41, 5.74) is 5.00. The second kappa shape index (κ2) is 6.90. The fourth-order valence-corrected chi connectivity index (χ4v) is 4.36. The zero-order valence-corrected chi connectivity index (χ0v) is 15.8. The van der Waals surface area contributed by atoms with Crippen LogP contribution in [-0.2, 0) is 6.42 Å². The lowest BCUT2D eigenvalue weighted by molar-refractivity contribution is 1.19. The van der Waals surface area contributed by atoms with Crippen molar-refractivity contribution in [3.8, 4) is 21.1 Å². The monoisotopic (exact) mass is 362 g/mol. The van der Waals surface area contributed by atoms with Gasteiger partial charge >= 0.3 is 0 Å². The van der Waals surface area contributed by atoms with Crippen LogP contribution in [0, 0.1) is 13.8 Å². The van der Waals surface area contributed by atoms with Crippen LogP contribution in [0.3, 0.4) is 0 Å². The molecular weight excluding hydrogens is 344 g/mol. The predicted molar refractivity (Wildman–Crippen MR) is 107 cm³/mol. The van der Waals surface area contributed by atoms with E-state index >= 15 is 0 Å². The van der Waals surface area contributed by atoms with Gasteiger partial charge in [0.25, 0.3) is 0 Å². The van der Waals surface area contributed by atoms with Gasteiger partial charge in [-0.25, -0.2) is 9.97 Å². The van der Waals surface area contributed by atoms with Crippen LogP contribution < -0.4 is 0 Å². The third-order valence-corrected chi connectivity index (χ3v) is 5.92. The molecule has 2 nitrogen and oxygen atoms in total. The molecule has 0 unspecified atom stereocenters. The maximum atomic E-state index is 4.50. The molecule has 0 spiro atoms. The van der Waals surface area contributed by atoms with Crippen LogP contribution >= 0.6 is 22.7 Å². The van der Waals surface area contributed by atoms with Crippen molar-refractivity contribution in [2.75, 3.05) is 0 Å². The van der Waals surface area contributed by atoms with Crippen LogP contribution in [0.5, 0.6) is 0 Å². The van der Waals surface area contributed by atoms with E-state index in [0.717, 1.165) is 16.4 Å². The third kappa shape index (κ3) is 3.70. The largest absolute Gasteiger partial charge is 0.244 e. The lowest BCUT2D eigenvalue weighted by atomic mass is 10.0. The number of nitrogens with zero attached hydrogens (tertiary/aromatic N) is 2. The molecule has 0 saturated heterocycles.